The highest BCUT2D eigenvalue weighted by atomic mass is 35.5. The molecule has 0 aromatic heterocycles. The number of carbonyl (C=O) groups is 1. The van der Waals surface area contributed by atoms with Crippen molar-refractivity contribution in [2.24, 2.45) is 0 Å². The molecule has 0 aliphatic rings. The molecule has 2 aromatic rings. The van der Waals surface area contributed by atoms with Gasteiger partial charge in [0.25, 0.3) is 0 Å². The second-order valence-electron chi connectivity index (χ2n) is 4.47. The fourth-order valence-corrected chi connectivity index (χ4v) is 2.27. The average molecular weight is 328 g/mol. The SMILES string of the molecule is O=C(O)CN(Cc1ccc(Cl)cc1F)c1cccc(Cl)c1. The van der Waals surface area contributed by atoms with Gasteiger partial charge in [-0.05, 0) is 30.3 Å². The Bertz CT molecular complexity index is 664. The molecule has 0 heterocycles. The molecule has 2 rings (SSSR count). The molecule has 0 fully saturated rings. The molecule has 6 heteroatoms. The third kappa shape index (κ3) is 4.34. The maximum atomic E-state index is 13.9. The van der Waals surface area contributed by atoms with Gasteiger partial charge in [-0.25, -0.2) is 4.39 Å². The van der Waals surface area contributed by atoms with Crippen LogP contribution in [0.1, 0.15) is 5.56 Å². The van der Waals surface area contributed by atoms with E-state index in [1.165, 1.54) is 17.0 Å². The van der Waals surface area contributed by atoms with E-state index in [9.17, 15) is 9.18 Å². The molecule has 0 spiro atoms. The highest BCUT2D eigenvalue weighted by Gasteiger charge is 2.14. The Hall–Kier alpha value is -1.78. The Labute approximate surface area is 131 Å². The molecule has 2 aromatic carbocycles. The van der Waals surface area contributed by atoms with Crippen LogP contribution in [0.5, 0.6) is 0 Å². The number of anilines is 1. The smallest absolute Gasteiger partial charge is 0.323 e. The van der Waals surface area contributed by atoms with Crippen molar-refractivity contribution in [3.05, 3.63) is 63.9 Å². The van der Waals surface area contributed by atoms with Gasteiger partial charge in [0.15, 0.2) is 0 Å². The van der Waals surface area contributed by atoms with Crippen LogP contribution in [0.25, 0.3) is 0 Å². The summed E-state index contributed by atoms with van der Waals surface area (Å²) in [6, 6.07) is 11.1. The zero-order valence-corrected chi connectivity index (χ0v) is 12.4. The highest BCUT2D eigenvalue weighted by Crippen LogP contribution is 2.23. The zero-order chi connectivity index (χ0) is 15.4. The lowest BCUT2D eigenvalue weighted by Gasteiger charge is -2.23. The number of benzene rings is 2. The van der Waals surface area contributed by atoms with Crippen molar-refractivity contribution < 1.29 is 14.3 Å². The first-order valence-corrected chi connectivity index (χ1v) is 6.87. The lowest BCUT2D eigenvalue weighted by molar-refractivity contribution is -0.135. The third-order valence-corrected chi connectivity index (χ3v) is 3.35. The zero-order valence-electron chi connectivity index (χ0n) is 10.9. The van der Waals surface area contributed by atoms with Crippen molar-refractivity contribution in [3.63, 3.8) is 0 Å². The summed E-state index contributed by atoms with van der Waals surface area (Å²) < 4.78 is 13.9. The van der Waals surface area contributed by atoms with Gasteiger partial charge >= 0.3 is 5.97 Å². The minimum atomic E-state index is -1.01. The standard InChI is InChI=1S/C15H12Cl2FNO2/c16-11-2-1-3-13(6-11)19(9-15(20)21)8-10-4-5-12(17)7-14(10)18/h1-7H,8-9H2,(H,20,21). The molecule has 0 bridgehead atoms. The number of halogens is 3. The Morgan fingerprint density at radius 2 is 1.86 bits per heavy atom. The van der Waals surface area contributed by atoms with Crippen molar-refractivity contribution in [1.82, 2.24) is 0 Å². The Morgan fingerprint density at radius 1 is 1.14 bits per heavy atom. The first-order chi connectivity index (χ1) is 9.95. The van der Waals surface area contributed by atoms with E-state index in [0.29, 0.717) is 21.3 Å². The van der Waals surface area contributed by atoms with Gasteiger partial charge in [0, 0.05) is 27.8 Å². The topological polar surface area (TPSA) is 40.5 Å². The lowest BCUT2D eigenvalue weighted by Crippen LogP contribution is -2.29. The number of hydrogen-bond acceptors (Lipinski definition) is 2. The van der Waals surface area contributed by atoms with E-state index in [1.54, 1.807) is 30.3 Å². The summed E-state index contributed by atoms with van der Waals surface area (Å²) >= 11 is 11.6. The molecule has 0 aliphatic heterocycles. The molecule has 1 N–H and O–H groups in total. The number of rotatable bonds is 5. The largest absolute Gasteiger partial charge is 0.480 e. The quantitative estimate of drug-likeness (QED) is 0.893. The first-order valence-electron chi connectivity index (χ1n) is 6.12. The predicted molar refractivity (Wildman–Crippen MR) is 81.5 cm³/mol. The molecule has 110 valence electrons. The molecule has 3 nitrogen and oxygen atoms in total. The van der Waals surface area contributed by atoms with Crippen LogP contribution in [0.4, 0.5) is 10.1 Å². The van der Waals surface area contributed by atoms with Crippen LogP contribution in [0, 0.1) is 5.82 Å². The van der Waals surface area contributed by atoms with Crippen molar-refractivity contribution in [3.8, 4) is 0 Å². The van der Waals surface area contributed by atoms with Gasteiger partial charge in [-0.15, -0.1) is 0 Å². The van der Waals surface area contributed by atoms with E-state index in [-0.39, 0.29) is 13.1 Å². The monoisotopic (exact) mass is 327 g/mol. The number of carboxylic acids is 1. The molecule has 21 heavy (non-hydrogen) atoms. The van der Waals surface area contributed by atoms with Gasteiger partial charge in [-0.2, -0.15) is 0 Å². The summed E-state index contributed by atoms with van der Waals surface area (Å²) in [6.07, 6.45) is 0. The normalized spacial score (nSPS) is 10.4. The summed E-state index contributed by atoms with van der Waals surface area (Å²) in [7, 11) is 0. The summed E-state index contributed by atoms with van der Waals surface area (Å²) in [5.74, 6) is -1.48. The van der Waals surface area contributed by atoms with Crippen LogP contribution >= 0.6 is 23.2 Å². The van der Waals surface area contributed by atoms with Gasteiger partial charge in [-0.1, -0.05) is 35.3 Å². The fourth-order valence-electron chi connectivity index (χ4n) is 1.93. The van der Waals surface area contributed by atoms with E-state index < -0.39 is 11.8 Å². The molecule has 0 amide bonds. The minimum absolute atomic E-state index is 0.107. The van der Waals surface area contributed by atoms with Crippen molar-refractivity contribution in [1.29, 1.82) is 0 Å². The van der Waals surface area contributed by atoms with E-state index in [0.717, 1.165) is 0 Å². The van der Waals surface area contributed by atoms with Crippen molar-refractivity contribution in [2.45, 2.75) is 6.54 Å². The van der Waals surface area contributed by atoms with Crippen LogP contribution < -0.4 is 4.90 Å². The molecular weight excluding hydrogens is 316 g/mol. The maximum Gasteiger partial charge on any atom is 0.323 e. The summed E-state index contributed by atoms with van der Waals surface area (Å²) in [4.78, 5) is 12.5. The van der Waals surface area contributed by atoms with Gasteiger partial charge in [0.1, 0.15) is 12.4 Å². The third-order valence-electron chi connectivity index (χ3n) is 2.88. The second-order valence-corrected chi connectivity index (χ2v) is 5.34. The van der Waals surface area contributed by atoms with E-state index in [2.05, 4.69) is 0 Å². The van der Waals surface area contributed by atoms with Gasteiger partial charge in [-0.3, -0.25) is 4.79 Å². The summed E-state index contributed by atoms with van der Waals surface area (Å²) in [5.41, 5.74) is 0.972. The maximum absolute atomic E-state index is 13.9. The van der Waals surface area contributed by atoms with Gasteiger partial charge in [0.2, 0.25) is 0 Å². The lowest BCUT2D eigenvalue weighted by atomic mass is 10.2. The Kier molecular flexibility index (Phi) is 5.04. The second kappa shape index (κ2) is 6.78. The summed E-state index contributed by atoms with van der Waals surface area (Å²) in [6.45, 7) is -0.155. The van der Waals surface area contributed by atoms with Crippen LogP contribution in [-0.4, -0.2) is 17.6 Å². The number of hydrogen-bond donors (Lipinski definition) is 1. The fraction of sp³-hybridized carbons (Fsp3) is 0.133. The molecule has 0 atom stereocenters. The molecule has 0 saturated carbocycles. The van der Waals surface area contributed by atoms with Crippen LogP contribution in [-0.2, 0) is 11.3 Å². The molecule has 0 aliphatic carbocycles. The summed E-state index contributed by atoms with van der Waals surface area (Å²) in [5, 5.41) is 9.80. The van der Waals surface area contributed by atoms with Crippen LogP contribution in [0.15, 0.2) is 42.5 Å². The average Bonchev–Trinajstić information content (AvgIpc) is 2.40. The van der Waals surface area contributed by atoms with E-state index >= 15 is 0 Å². The van der Waals surface area contributed by atoms with E-state index in [1.807, 2.05) is 0 Å². The number of carboxylic acid groups (broad SMARTS) is 1. The van der Waals surface area contributed by atoms with Crippen LogP contribution in [0.3, 0.4) is 0 Å². The van der Waals surface area contributed by atoms with Gasteiger partial charge < -0.3 is 10.0 Å². The molecular formula is C15H12Cl2FNO2. The Balaban J connectivity index is 2.30. The molecule has 0 radical (unpaired) electrons. The molecule has 0 saturated heterocycles. The van der Waals surface area contributed by atoms with Crippen molar-refractivity contribution >= 4 is 34.9 Å². The molecule has 0 unspecified atom stereocenters. The highest BCUT2D eigenvalue weighted by molar-refractivity contribution is 6.31. The Morgan fingerprint density at radius 3 is 2.48 bits per heavy atom. The minimum Gasteiger partial charge on any atom is -0.480 e. The van der Waals surface area contributed by atoms with Crippen molar-refractivity contribution in [2.75, 3.05) is 11.4 Å². The number of aliphatic carboxylic acids is 1. The van der Waals surface area contributed by atoms with E-state index in [4.69, 9.17) is 28.3 Å². The number of nitrogens with zero attached hydrogens (tertiary/aromatic N) is 1. The first kappa shape index (κ1) is 15.6. The van der Waals surface area contributed by atoms with Crippen LogP contribution in [0.2, 0.25) is 10.0 Å². The van der Waals surface area contributed by atoms with Gasteiger partial charge in [0.05, 0.1) is 0 Å². The predicted octanol–water partition coefficient (Wildman–Crippen LogP) is 4.22.